The van der Waals surface area contributed by atoms with Crippen LogP contribution in [0.15, 0.2) is 4.42 Å². The molecule has 0 spiro atoms. The maximum Gasteiger partial charge on any atom is 0.318 e. The molecule has 2 bridgehead atoms. The molecule has 0 aromatic carbocycles. The van der Waals surface area contributed by atoms with Gasteiger partial charge in [-0.25, -0.2) is 0 Å². The minimum atomic E-state index is 0.337. The van der Waals surface area contributed by atoms with Crippen LogP contribution >= 0.6 is 0 Å². The Bertz CT molecular complexity index is 355. The molecule has 2 aliphatic rings. The van der Waals surface area contributed by atoms with Crippen molar-refractivity contribution in [3.05, 3.63) is 5.89 Å². The third-order valence-electron chi connectivity index (χ3n) is 3.13. The summed E-state index contributed by atoms with van der Waals surface area (Å²) < 4.78 is 11.3. The second kappa shape index (κ2) is 4.03. The van der Waals surface area contributed by atoms with E-state index in [0.717, 1.165) is 25.9 Å². The first-order chi connectivity index (χ1) is 7.85. The van der Waals surface area contributed by atoms with E-state index in [1.165, 1.54) is 0 Å². The zero-order chi connectivity index (χ0) is 11.0. The first-order valence-corrected chi connectivity index (χ1v) is 5.78. The van der Waals surface area contributed by atoms with Gasteiger partial charge >= 0.3 is 6.01 Å². The molecule has 16 heavy (non-hydrogen) atoms. The number of anilines is 1. The average Bonchev–Trinajstić information content (AvgIpc) is 2.87. The second-order valence-corrected chi connectivity index (χ2v) is 4.38. The number of nitrogens with zero attached hydrogens (tertiary/aromatic N) is 3. The standard InChI is InChI=1S/C10H16N4O2/c11-4-3-9-12-13-10(16-9)14-5-7-1-2-8(6-14)15-7/h7-8H,1-6,11H2. The Balaban J connectivity index is 1.71. The zero-order valence-corrected chi connectivity index (χ0v) is 9.13. The Hall–Kier alpha value is -1.14. The van der Waals surface area contributed by atoms with E-state index in [4.69, 9.17) is 14.9 Å². The number of fused-ring (bicyclic) bond motifs is 2. The Morgan fingerprint density at radius 3 is 2.69 bits per heavy atom. The summed E-state index contributed by atoms with van der Waals surface area (Å²) in [6, 6.07) is 0.614. The van der Waals surface area contributed by atoms with E-state index in [9.17, 15) is 0 Å². The summed E-state index contributed by atoms with van der Waals surface area (Å²) in [6.45, 7) is 2.26. The first-order valence-electron chi connectivity index (χ1n) is 5.78. The van der Waals surface area contributed by atoms with Crippen LogP contribution in [0.2, 0.25) is 0 Å². The van der Waals surface area contributed by atoms with Crippen LogP contribution in [0.25, 0.3) is 0 Å². The van der Waals surface area contributed by atoms with Crippen molar-refractivity contribution in [2.45, 2.75) is 31.5 Å². The summed E-state index contributed by atoms with van der Waals surface area (Å²) in [5.74, 6) is 0.622. The Labute approximate surface area is 93.8 Å². The number of nitrogens with two attached hydrogens (primary N) is 1. The fraction of sp³-hybridized carbons (Fsp3) is 0.800. The fourth-order valence-corrected chi connectivity index (χ4v) is 2.37. The van der Waals surface area contributed by atoms with Gasteiger partial charge in [-0.1, -0.05) is 5.10 Å². The molecule has 2 atom stereocenters. The molecule has 6 nitrogen and oxygen atoms in total. The molecule has 3 rings (SSSR count). The SMILES string of the molecule is NCCc1nnc(N2CC3CCC(C2)O3)o1. The molecule has 1 aromatic rings. The Morgan fingerprint density at radius 2 is 2.00 bits per heavy atom. The summed E-state index contributed by atoms with van der Waals surface area (Å²) >= 11 is 0. The molecule has 0 aliphatic carbocycles. The maximum absolute atomic E-state index is 5.75. The lowest BCUT2D eigenvalue weighted by molar-refractivity contribution is 0.0287. The monoisotopic (exact) mass is 224 g/mol. The fourth-order valence-electron chi connectivity index (χ4n) is 2.37. The third-order valence-corrected chi connectivity index (χ3v) is 3.13. The molecule has 0 saturated carbocycles. The molecular formula is C10H16N4O2. The van der Waals surface area contributed by atoms with E-state index < -0.39 is 0 Å². The topological polar surface area (TPSA) is 77.4 Å². The summed E-state index contributed by atoms with van der Waals surface area (Å²) in [7, 11) is 0. The molecule has 0 radical (unpaired) electrons. The predicted molar refractivity (Wildman–Crippen MR) is 57.2 cm³/mol. The highest BCUT2D eigenvalue weighted by atomic mass is 16.5. The molecule has 88 valence electrons. The summed E-state index contributed by atoms with van der Waals surface area (Å²) in [5, 5.41) is 8.03. The van der Waals surface area contributed by atoms with Gasteiger partial charge in [0.15, 0.2) is 0 Å². The molecule has 2 N–H and O–H groups in total. The molecule has 2 saturated heterocycles. The molecule has 2 unspecified atom stereocenters. The van der Waals surface area contributed by atoms with Crippen molar-refractivity contribution < 1.29 is 9.15 Å². The van der Waals surface area contributed by atoms with E-state index in [0.29, 0.717) is 37.1 Å². The van der Waals surface area contributed by atoms with Crippen LogP contribution in [0, 0.1) is 0 Å². The van der Waals surface area contributed by atoms with Crippen LogP contribution < -0.4 is 10.6 Å². The summed E-state index contributed by atoms with van der Waals surface area (Å²) in [6.07, 6.45) is 3.60. The van der Waals surface area contributed by atoms with E-state index in [1.54, 1.807) is 0 Å². The molecule has 0 amide bonds. The van der Waals surface area contributed by atoms with Gasteiger partial charge in [-0.3, -0.25) is 0 Å². The number of rotatable bonds is 3. The van der Waals surface area contributed by atoms with E-state index in [1.807, 2.05) is 0 Å². The van der Waals surface area contributed by atoms with E-state index >= 15 is 0 Å². The quantitative estimate of drug-likeness (QED) is 0.775. The van der Waals surface area contributed by atoms with Gasteiger partial charge in [-0.2, -0.15) is 0 Å². The molecule has 2 fully saturated rings. The van der Waals surface area contributed by atoms with Crippen LogP contribution in [0.4, 0.5) is 6.01 Å². The average molecular weight is 224 g/mol. The normalized spacial score (nSPS) is 28.7. The highest BCUT2D eigenvalue weighted by molar-refractivity contribution is 5.26. The van der Waals surface area contributed by atoms with Crippen LogP contribution in [0.5, 0.6) is 0 Å². The van der Waals surface area contributed by atoms with Gasteiger partial charge in [0.25, 0.3) is 0 Å². The van der Waals surface area contributed by atoms with Crippen molar-refractivity contribution in [3.63, 3.8) is 0 Å². The Kier molecular flexibility index (Phi) is 2.53. The number of ether oxygens (including phenoxy) is 1. The van der Waals surface area contributed by atoms with Crippen molar-refractivity contribution in [2.75, 3.05) is 24.5 Å². The maximum atomic E-state index is 5.75. The smallest absolute Gasteiger partial charge is 0.318 e. The largest absolute Gasteiger partial charge is 0.408 e. The van der Waals surface area contributed by atoms with Gasteiger partial charge in [-0.15, -0.1) is 5.10 Å². The van der Waals surface area contributed by atoms with Gasteiger partial charge in [-0.05, 0) is 12.8 Å². The van der Waals surface area contributed by atoms with Crippen molar-refractivity contribution in [2.24, 2.45) is 5.73 Å². The van der Waals surface area contributed by atoms with Crippen molar-refractivity contribution in [1.82, 2.24) is 10.2 Å². The number of hydrogen-bond acceptors (Lipinski definition) is 6. The second-order valence-electron chi connectivity index (χ2n) is 4.38. The van der Waals surface area contributed by atoms with Gasteiger partial charge in [0.2, 0.25) is 5.89 Å². The summed E-state index contributed by atoms with van der Waals surface area (Å²) in [4.78, 5) is 2.12. The number of aromatic nitrogens is 2. The lowest BCUT2D eigenvalue weighted by Gasteiger charge is -2.30. The van der Waals surface area contributed by atoms with Crippen molar-refractivity contribution in [3.8, 4) is 0 Å². The van der Waals surface area contributed by atoms with Crippen molar-refractivity contribution in [1.29, 1.82) is 0 Å². The van der Waals surface area contributed by atoms with Crippen LogP contribution in [-0.4, -0.2) is 42.0 Å². The minimum Gasteiger partial charge on any atom is -0.408 e. The lowest BCUT2D eigenvalue weighted by atomic mass is 10.2. The van der Waals surface area contributed by atoms with Gasteiger partial charge in [0.05, 0.1) is 12.2 Å². The minimum absolute atomic E-state index is 0.337. The molecule has 2 aliphatic heterocycles. The molecule has 3 heterocycles. The van der Waals surface area contributed by atoms with E-state index in [-0.39, 0.29) is 0 Å². The summed E-state index contributed by atoms with van der Waals surface area (Å²) in [5.41, 5.74) is 5.44. The van der Waals surface area contributed by atoms with Gasteiger partial charge < -0.3 is 19.8 Å². The number of hydrogen-bond donors (Lipinski definition) is 1. The first kappa shape index (κ1) is 10.0. The predicted octanol–water partition coefficient (Wildman–Crippen LogP) is -0.0616. The highest BCUT2D eigenvalue weighted by Crippen LogP contribution is 2.28. The molecule has 6 heteroatoms. The zero-order valence-electron chi connectivity index (χ0n) is 9.13. The van der Waals surface area contributed by atoms with Gasteiger partial charge in [0.1, 0.15) is 0 Å². The highest BCUT2D eigenvalue weighted by Gasteiger charge is 2.35. The van der Waals surface area contributed by atoms with Crippen molar-refractivity contribution >= 4 is 6.01 Å². The molecule has 1 aromatic heterocycles. The molecular weight excluding hydrogens is 208 g/mol. The van der Waals surface area contributed by atoms with E-state index in [2.05, 4.69) is 15.1 Å². The number of morpholine rings is 1. The van der Waals surface area contributed by atoms with Crippen LogP contribution in [0.3, 0.4) is 0 Å². The van der Waals surface area contributed by atoms with Gasteiger partial charge in [0, 0.05) is 26.1 Å². The lowest BCUT2D eigenvalue weighted by Crippen LogP contribution is -2.42. The third kappa shape index (κ3) is 1.78. The van der Waals surface area contributed by atoms with Crippen LogP contribution in [-0.2, 0) is 11.2 Å². The van der Waals surface area contributed by atoms with Crippen LogP contribution in [0.1, 0.15) is 18.7 Å². The Morgan fingerprint density at radius 1 is 1.25 bits per heavy atom.